The second-order valence-corrected chi connectivity index (χ2v) is 10.2. The molecule has 9 nitrogen and oxygen atoms in total. The molecule has 0 radical (unpaired) electrons. The van der Waals surface area contributed by atoms with Gasteiger partial charge in [0.1, 0.15) is 11.2 Å². The van der Waals surface area contributed by atoms with Crippen molar-refractivity contribution in [2.75, 3.05) is 16.4 Å². The summed E-state index contributed by atoms with van der Waals surface area (Å²) in [7, 11) is 0. The second-order valence-electron chi connectivity index (χ2n) is 7.72. The van der Waals surface area contributed by atoms with Gasteiger partial charge in [-0.3, -0.25) is 19.0 Å². The highest BCUT2D eigenvalue weighted by molar-refractivity contribution is 8.01. The van der Waals surface area contributed by atoms with E-state index in [1.165, 1.54) is 34.6 Å². The van der Waals surface area contributed by atoms with Crippen LogP contribution in [0, 0.1) is 6.92 Å². The summed E-state index contributed by atoms with van der Waals surface area (Å²) < 4.78 is 3.28. The Hall–Kier alpha value is -3.70. The SMILES string of the molecule is CCSc1nc2c(s1)c(=O)n(-c1ccc(C)cc1)c(=O)n2CC(=O)Nc1ccc(NC(C)=O)cc1. The molecular weight excluding hydrogens is 486 g/mol. The number of thiazole rings is 1. The van der Waals surface area contributed by atoms with Crippen LogP contribution in [0.15, 0.2) is 62.5 Å². The molecule has 4 aromatic rings. The number of nitrogens with zero attached hydrogens (tertiary/aromatic N) is 3. The zero-order valence-electron chi connectivity index (χ0n) is 19.3. The Balaban J connectivity index is 1.73. The number of aromatic nitrogens is 3. The van der Waals surface area contributed by atoms with Gasteiger partial charge in [-0.25, -0.2) is 14.3 Å². The Kier molecular flexibility index (Phi) is 7.17. The van der Waals surface area contributed by atoms with Crippen molar-refractivity contribution in [2.45, 2.75) is 31.7 Å². The van der Waals surface area contributed by atoms with E-state index in [0.717, 1.165) is 15.9 Å². The molecule has 0 aliphatic heterocycles. The van der Waals surface area contributed by atoms with Gasteiger partial charge in [0.05, 0.1) is 5.69 Å². The molecule has 0 spiro atoms. The minimum Gasteiger partial charge on any atom is -0.326 e. The Morgan fingerprint density at radius 2 is 1.63 bits per heavy atom. The van der Waals surface area contributed by atoms with Crippen molar-refractivity contribution in [3.63, 3.8) is 0 Å². The number of rotatable bonds is 7. The molecule has 2 N–H and O–H groups in total. The number of fused-ring (bicyclic) bond motifs is 1. The summed E-state index contributed by atoms with van der Waals surface area (Å²) in [5.41, 5.74) is 1.61. The first-order valence-electron chi connectivity index (χ1n) is 10.8. The third-order valence-electron chi connectivity index (χ3n) is 5.02. The number of anilines is 2. The van der Waals surface area contributed by atoms with Crippen molar-refractivity contribution < 1.29 is 9.59 Å². The van der Waals surface area contributed by atoms with Crippen molar-refractivity contribution in [2.24, 2.45) is 0 Å². The molecule has 0 saturated carbocycles. The van der Waals surface area contributed by atoms with Crippen LogP contribution in [0.1, 0.15) is 19.4 Å². The molecule has 0 atom stereocenters. The number of hydrogen-bond donors (Lipinski definition) is 2. The molecule has 0 fully saturated rings. The molecule has 0 saturated heterocycles. The number of carbonyl (C=O) groups is 2. The molecular formula is C24H23N5O4S2. The summed E-state index contributed by atoms with van der Waals surface area (Å²) in [6.07, 6.45) is 0. The number of carbonyl (C=O) groups excluding carboxylic acids is 2. The van der Waals surface area contributed by atoms with Crippen molar-refractivity contribution in [3.05, 3.63) is 74.9 Å². The van der Waals surface area contributed by atoms with Crippen molar-refractivity contribution >= 4 is 56.6 Å². The first-order chi connectivity index (χ1) is 16.8. The first kappa shape index (κ1) is 24.4. The van der Waals surface area contributed by atoms with E-state index >= 15 is 0 Å². The first-order valence-corrected chi connectivity index (χ1v) is 12.6. The lowest BCUT2D eigenvalue weighted by atomic mass is 10.2. The lowest BCUT2D eigenvalue weighted by Gasteiger charge is -2.12. The van der Waals surface area contributed by atoms with E-state index in [0.29, 0.717) is 26.1 Å². The number of nitrogens with one attached hydrogen (secondary N) is 2. The van der Waals surface area contributed by atoms with Gasteiger partial charge in [-0.15, -0.1) is 11.3 Å². The van der Waals surface area contributed by atoms with Gasteiger partial charge < -0.3 is 10.6 Å². The molecule has 2 amide bonds. The van der Waals surface area contributed by atoms with Crippen LogP contribution < -0.4 is 21.9 Å². The Bertz CT molecular complexity index is 1520. The molecule has 11 heteroatoms. The van der Waals surface area contributed by atoms with Crippen LogP contribution in [-0.2, 0) is 16.1 Å². The minimum absolute atomic E-state index is 0.195. The lowest BCUT2D eigenvalue weighted by Crippen LogP contribution is -2.40. The van der Waals surface area contributed by atoms with Crippen molar-refractivity contribution in [1.29, 1.82) is 0 Å². The van der Waals surface area contributed by atoms with Gasteiger partial charge >= 0.3 is 5.69 Å². The Morgan fingerprint density at radius 1 is 1.00 bits per heavy atom. The van der Waals surface area contributed by atoms with E-state index in [-0.39, 0.29) is 18.1 Å². The van der Waals surface area contributed by atoms with Gasteiger partial charge in [0.2, 0.25) is 11.8 Å². The van der Waals surface area contributed by atoms with Gasteiger partial charge in [0, 0.05) is 18.3 Å². The smallest absolute Gasteiger partial charge is 0.326 e. The van der Waals surface area contributed by atoms with Crippen molar-refractivity contribution in [1.82, 2.24) is 14.1 Å². The quantitative estimate of drug-likeness (QED) is 0.368. The largest absolute Gasteiger partial charge is 0.337 e. The summed E-state index contributed by atoms with van der Waals surface area (Å²) in [6, 6.07) is 13.7. The third-order valence-corrected chi connectivity index (χ3v) is 7.07. The van der Waals surface area contributed by atoms with E-state index in [1.807, 2.05) is 26.0 Å². The Morgan fingerprint density at radius 3 is 2.23 bits per heavy atom. The number of thioether (sulfide) groups is 1. The predicted molar refractivity (Wildman–Crippen MR) is 140 cm³/mol. The van der Waals surface area contributed by atoms with E-state index in [9.17, 15) is 19.2 Å². The van der Waals surface area contributed by atoms with Gasteiger partial charge in [-0.05, 0) is 49.1 Å². The fraction of sp³-hybridized carbons (Fsp3) is 0.208. The maximum Gasteiger partial charge on any atom is 0.337 e. The predicted octanol–water partition coefficient (Wildman–Crippen LogP) is 3.63. The fourth-order valence-electron chi connectivity index (χ4n) is 3.45. The topological polar surface area (TPSA) is 115 Å². The lowest BCUT2D eigenvalue weighted by molar-refractivity contribution is -0.117. The van der Waals surface area contributed by atoms with E-state index in [2.05, 4.69) is 15.6 Å². The maximum absolute atomic E-state index is 13.5. The summed E-state index contributed by atoms with van der Waals surface area (Å²) in [5.74, 6) is 0.107. The highest BCUT2D eigenvalue weighted by Crippen LogP contribution is 2.27. The van der Waals surface area contributed by atoms with Crippen LogP contribution >= 0.6 is 23.1 Å². The van der Waals surface area contributed by atoms with Crippen LogP contribution in [0.5, 0.6) is 0 Å². The van der Waals surface area contributed by atoms with Gasteiger partial charge in [0.15, 0.2) is 9.99 Å². The molecule has 2 aromatic carbocycles. The van der Waals surface area contributed by atoms with Gasteiger partial charge in [-0.1, -0.05) is 36.4 Å². The zero-order valence-corrected chi connectivity index (χ0v) is 21.0. The molecule has 180 valence electrons. The minimum atomic E-state index is -0.638. The number of amides is 2. The van der Waals surface area contributed by atoms with Crippen LogP contribution in [0.25, 0.3) is 16.0 Å². The Labute approximate surface area is 208 Å². The normalized spacial score (nSPS) is 10.9. The summed E-state index contributed by atoms with van der Waals surface area (Å²) in [4.78, 5) is 55.3. The van der Waals surface area contributed by atoms with E-state index in [1.54, 1.807) is 36.4 Å². The summed E-state index contributed by atoms with van der Waals surface area (Å²) in [6.45, 7) is 4.97. The average Bonchev–Trinajstić information content (AvgIpc) is 3.23. The highest BCUT2D eigenvalue weighted by atomic mass is 32.2. The van der Waals surface area contributed by atoms with Crippen LogP contribution in [0.2, 0.25) is 0 Å². The standard InChI is InChI=1S/C24H23N5O4S2/c1-4-34-23-27-21-20(35-23)22(32)29(18-11-5-14(2)6-12-18)24(33)28(21)13-19(31)26-17-9-7-16(8-10-17)25-15(3)30/h5-12H,4,13H2,1-3H3,(H,25,30)(H,26,31). The van der Waals surface area contributed by atoms with Gasteiger partial charge in [-0.2, -0.15) is 0 Å². The third kappa shape index (κ3) is 5.36. The van der Waals surface area contributed by atoms with Gasteiger partial charge in [0.25, 0.3) is 5.56 Å². The molecule has 0 aliphatic carbocycles. The maximum atomic E-state index is 13.5. The fourth-order valence-corrected chi connectivity index (χ4v) is 5.42. The summed E-state index contributed by atoms with van der Waals surface area (Å²) in [5, 5.41) is 5.41. The number of benzene rings is 2. The molecule has 35 heavy (non-hydrogen) atoms. The van der Waals surface area contributed by atoms with Crippen LogP contribution in [0.3, 0.4) is 0 Å². The average molecular weight is 510 g/mol. The molecule has 2 aromatic heterocycles. The second kappa shape index (κ2) is 10.3. The molecule has 0 unspecified atom stereocenters. The van der Waals surface area contributed by atoms with Crippen LogP contribution in [-0.4, -0.2) is 31.7 Å². The van der Waals surface area contributed by atoms with Crippen LogP contribution in [0.4, 0.5) is 11.4 Å². The molecule has 2 heterocycles. The van der Waals surface area contributed by atoms with E-state index in [4.69, 9.17) is 0 Å². The summed E-state index contributed by atoms with van der Waals surface area (Å²) >= 11 is 2.68. The molecule has 0 bridgehead atoms. The number of aryl methyl sites for hydroxylation is 1. The number of hydrogen-bond acceptors (Lipinski definition) is 7. The highest BCUT2D eigenvalue weighted by Gasteiger charge is 2.20. The van der Waals surface area contributed by atoms with E-state index < -0.39 is 17.2 Å². The zero-order chi connectivity index (χ0) is 25.1. The molecule has 0 aliphatic rings. The monoisotopic (exact) mass is 509 g/mol. The molecule has 4 rings (SSSR count). The van der Waals surface area contributed by atoms with Crippen molar-refractivity contribution in [3.8, 4) is 5.69 Å².